The van der Waals surface area contributed by atoms with Gasteiger partial charge in [-0.05, 0) is 11.8 Å². The van der Waals surface area contributed by atoms with Crippen molar-refractivity contribution in [1.82, 2.24) is 0 Å². The summed E-state index contributed by atoms with van der Waals surface area (Å²) < 4.78 is 0. The molecule has 0 bridgehead atoms. The molecule has 0 aliphatic rings. The van der Waals surface area contributed by atoms with Crippen LogP contribution in [0.1, 0.15) is 27.7 Å². The second kappa shape index (κ2) is 14.3. The monoisotopic (exact) mass is 364 g/mol. The number of hydrogen-bond acceptors (Lipinski definition) is 4. The summed E-state index contributed by atoms with van der Waals surface area (Å²) in [6.07, 6.45) is 0. The van der Waals surface area contributed by atoms with Crippen LogP contribution in [0.5, 0.6) is 0 Å². The van der Waals surface area contributed by atoms with Gasteiger partial charge in [0.1, 0.15) is 0 Å². The molecule has 0 radical (unpaired) electrons. The second-order valence-corrected chi connectivity index (χ2v) is 7.26. The van der Waals surface area contributed by atoms with Gasteiger partial charge in [0, 0.05) is 11.9 Å². The molecule has 0 heterocycles. The molecule has 0 rings (SSSR count). The van der Waals surface area contributed by atoms with Crippen LogP contribution in [0.15, 0.2) is 0 Å². The van der Waals surface area contributed by atoms with Crippen molar-refractivity contribution in [2.45, 2.75) is 27.7 Å². The molecule has 0 saturated heterocycles. The Hall–Kier alpha value is 0.319. The molecular weight excluding hydrogens is 350 g/mol. The van der Waals surface area contributed by atoms with E-state index in [0.29, 0.717) is 0 Å². The molecule has 0 amide bonds. The van der Waals surface area contributed by atoms with Crippen molar-refractivity contribution in [2.24, 2.45) is 11.8 Å². The first-order valence-corrected chi connectivity index (χ1v) is 11.3. The third-order valence-electron chi connectivity index (χ3n) is 0.943. The van der Waals surface area contributed by atoms with Crippen LogP contribution in [0.4, 0.5) is 0 Å². The third-order valence-corrected chi connectivity index (χ3v) is 0.943. The predicted octanol–water partition coefficient (Wildman–Crippen LogP) is -0.217. The number of carboxylic acids is 2. The average Bonchev–Trinajstić information content (AvgIpc) is 2.06. The fourth-order valence-corrected chi connectivity index (χ4v) is 0. The third kappa shape index (κ3) is 31.4. The van der Waals surface area contributed by atoms with Crippen LogP contribution >= 0.6 is 17.8 Å². The number of carboxylic acid groups (broad SMARTS) is 2. The molecule has 0 fully saturated rings. The quantitative estimate of drug-likeness (QED) is 0.635. The Labute approximate surface area is 108 Å². The molecule has 0 aromatic heterocycles. The van der Waals surface area contributed by atoms with E-state index in [1.54, 1.807) is 27.7 Å². The van der Waals surface area contributed by atoms with Crippen molar-refractivity contribution >= 4 is 48.7 Å². The number of rotatable bonds is 2. The molecule has 0 unspecified atom stereocenters. The van der Waals surface area contributed by atoms with E-state index in [2.05, 4.69) is 0 Å². The molecule has 4 nitrogen and oxygen atoms in total. The van der Waals surface area contributed by atoms with Gasteiger partial charge in [-0.15, -0.1) is 0 Å². The Kier molecular flexibility index (Phi) is 19.8. The van der Waals surface area contributed by atoms with Gasteiger partial charge < -0.3 is 19.8 Å². The molecular formula is C8H14Cl2O4Sn. The van der Waals surface area contributed by atoms with E-state index in [1.165, 1.54) is 0 Å². The van der Waals surface area contributed by atoms with Gasteiger partial charge in [0.25, 0.3) is 0 Å². The van der Waals surface area contributed by atoms with Crippen molar-refractivity contribution in [3.05, 3.63) is 0 Å². The van der Waals surface area contributed by atoms with Crippen LogP contribution in [-0.2, 0) is 9.59 Å². The summed E-state index contributed by atoms with van der Waals surface area (Å²) >= 11 is -0.826. The Morgan fingerprint density at radius 2 is 1.00 bits per heavy atom. The van der Waals surface area contributed by atoms with Gasteiger partial charge >= 0.3 is 36.7 Å². The predicted molar refractivity (Wildman–Crippen MR) is 57.2 cm³/mol. The first-order valence-electron chi connectivity index (χ1n) is 4.08. The SMILES string of the molecule is CC(C)C(=O)[O-].CC(C)C(=O)[O-].[Cl][Sn+2][Cl]. The first kappa shape index (κ1) is 20.7. The van der Waals surface area contributed by atoms with Gasteiger partial charge in [-0.2, -0.15) is 0 Å². The standard InChI is InChI=1S/2C4H8O2.2ClH.Sn/c2*1-3(2)4(5)6;;;/h2*3H,1-2H3,(H,5,6);2*1H;/q;;;;+4/p-4. The summed E-state index contributed by atoms with van der Waals surface area (Å²) in [5.41, 5.74) is 0. The average molecular weight is 364 g/mol. The van der Waals surface area contributed by atoms with Crippen molar-refractivity contribution in [3.63, 3.8) is 0 Å². The van der Waals surface area contributed by atoms with Gasteiger partial charge in [0.15, 0.2) is 0 Å². The van der Waals surface area contributed by atoms with Crippen LogP contribution < -0.4 is 10.2 Å². The zero-order valence-electron chi connectivity index (χ0n) is 9.04. The summed E-state index contributed by atoms with van der Waals surface area (Å²) in [6, 6.07) is 0. The van der Waals surface area contributed by atoms with Gasteiger partial charge in [-0.25, -0.2) is 0 Å². The van der Waals surface area contributed by atoms with E-state index in [4.69, 9.17) is 17.8 Å². The number of carbonyl (C=O) groups is 2. The van der Waals surface area contributed by atoms with Crippen LogP contribution in [0, 0.1) is 11.8 Å². The Morgan fingerprint density at radius 1 is 0.933 bits per heavy atom. The molecule has 0 atom stereocenters. The zero-order valence-corrected chi connectivity index (χ0v) is 13.4. The van der Waals surface area contributed by atoms with Crippen LogP contribution in [-0.4, -0.2) is 30.8 Å². The first-order chi connectivity index (χ1) is 6.70. The maximum absolute atomic E-state index is 9.59. The summed E-state index contributed by atoms with van der Waals surface area (Å²) in [5, 5.41) is 19.2. The van der Waals surface area contributed by atoms with E-state index in [0.717, 1.165) is 0 Å². The van der Waals surface area contributed by atoms with Crippen molar-refractivity contribution in [1.29, 1.82) is 0 Å². The molecule has 88 valence electrons. The molecule has 15 heavy (non-hydrogen) atoms. The van der Waals surface area contributed by atoms with Crippen LogP contribution in [0.25, 0.3) is 0 Å². The summed E-state index contributed by atoms with van der Waals surface area (Å²) in [5.74, 6) is -2.67. The zero-order chi connectivity index (χ0) is 13.0. The minimum absolute atomic E-state index is 0.343. The number of halogens is 2. The van der Waals surface area contributed by atoms with E-state index in [-0.39, 0.29) is 11.8 Å². The van der Waals surface area contributed by atoms with Crippen LogP contribution in [0.2, 0.25) is 0 Å². The van der Waals surface area contributed by atoms with Gasteiger partial charge in [-0.1, -0.05) is 27.7 Å². The molecule has 0 N–H and O–H groups in total. The normalized spacial score (nSPS) is 8.00. The topological polar surface area (TPSA) is 80.3 Å². The Bertz CT molecular complexity index is 156. The van der Waals surface area contributed by atoms with E-state index in [9.17, 15) is 19.8 Å². The molecule has 0 spiro atoms. The van der Waals surface area contributed by atoms with Gasteiger partial charge in [0.05, 0.1) is 0 Å². The van der Waals surface area contributed by atoms with E-state index >= 15 is 0 Å². The minimum atomic E-state index is -0.991. The fraction of sp³-hybridized carbons (Fsp3) is 0.750. The van der Waals surface area contributed by atoms with Crippen molar-refractivity contribution in [2.75, 3.05) is 0 Å². The van der Waals surface area contributed by atoms with E-state index < -0.39 is 30.8 Å². The molecule has 0 aromatic carbocycles. The van der Waals surface area contributed by atoms with Gasteiger partial charge in [0.2, 0.25) is 0 Å². The number of carbonyl (C=O) groups excluding carboxylic acids is 2. The van der Waals surface area contributed by atoms with Crippen molar-refractivity contribution in [3.8, 4) is 0 Å². The van der Waals surface area contributed by atoms with Crippen LogP contribution in [0.3, 0.4) is 0 Å². The van der Waals surface area contributed by atoms with E-state index in [1.807, 2.05) is 0 Å². The maximum atomic E-state index is 9.59. The molecule has 0 saturated carbocycles. The Morgan fingerprint density at radius 3 is 1.00 bits per heavy atom. The molecule has 7 heteroatoms. The van der Waals surface area contributed by atoms with Crippen molar-refractivity contribution < 1.29 is 19.8 Å². The Balaban J connectivity index is -0.000000153. The summed E-state index contributed by atoms with van der Waals surface area (Å²) in [6.45, 7) is 6.31. The molecule has 0 aromatic rings. The summed E-state index contributed by atoms with van der Waals surface area (Å²) in [7, 11) is 9.87. The molecule has 0 aliphatic carbocycles. The molecule has 0 aliphatic heterocycles. The number of hydrogen-bond donors (Lipinski definition) is 0. The summed E-state index contributed by atoms with van der Waals surface area (Å²) in [4.78, 5) is 19.2. The van der Waals surface area contributed by atoms with Gasteiger partial charge in [-0.3, -0.25) is 0 Å². The fourth-order valence-electron chi connectivity index (χ4n) is 0. The second-order valence-electron chi connectivity index (χ2n) is 3.02. The number of aliphatic carboxylic acids is 2.